The molecule has 0 spiro atoms. The molecule has 0 saturated carbocycles. The molecule has 156 valence electrons. The van der Waals surface area contributed by atoms with E-state index in [4.69, 9.17) is 11.5 Å². The summed E-state index contributed by atoms with van der Waals surface area (Å²) in [6.45, 7) is 3.85. The van der Waals surface area contributed by atoms with Crippen LogP contribution in [0.2, 0.25) is 0 Å². The van der Waals surface area contributed by atoms with Crippen molar-refractivity contribution in [2.75, 3.05) is 22.1 Å². The highest BCUT2D eigenvalue weighted by atomic mass is 16.1. The van der Waals surface area contributed by atoms with E-state index in [1.807, 2.05) is 51.2 Å². The normalized spacial score (nSPS) is 10.8. The molecule has 4 aromatic rings. The fourth-order valence-electron chi connectivity index (χ4n) is 3.29. The van der Waals surface area contributed by atoms with Crippen molar-refractivity contribution in [3.8, 4) is 0 Å². The van der Waals surface area contributed by atoms with Gasteiger partial charge in [-0.15, -0.1) is 0 Å². The van der Waals surface area contributed by atoms with Gasteiger partial charge in [-0.05, 0) is 62.4 Å². The number of nitrogens with zero attached hydrogens (tertiary/aromatic N) is 3. The van der Waals surface area contributed by atoms with E-state index in [-0.39, 0.29) is 5.91 Å². The van der Waals surface area contributed by atoms with Crippen LogP contribution in [-0.4, -0.2) is 15.9 Å². The molecule has 31 heavy (non-hydrogen) atoms. The molecule has 8 heteroatoms. The summed E-state index contributed by atoms with van der Waals surface area (Å²) in [5.41, 5.74) is 17.2. The van der Waals surface area contributed by atoms with Gasteiger partial charge in [-0.2, -0.15) is 0 Å². The third-order valence-corrected chi connectivity index (χ3v) is 5.10. The van der Waals surface area contributed by atoms with Gasteiger partial charge in [0.05, 0.1) is 18.3 Å². The molecule has 0 fully saturated rings. The molecule has 2 heterocycles. The highest BCUT2D eigenvalue weighted by Gasteiger charge is 2.12. The van der Waals surface area contributed by atoms with Crippen molar-refractivity contribution in [3.05, 3.63) is 71.5 Å². The van der Waals surface area contributed by atoms with E-state index in [0.717, 1.165) is 28.0 Å². The average Bonchev–Trinajstić information content (AvgIpc) is 2.73. The van der Waals surface area contributed by atoms with E-state index in [0.29, 0.717) is 28.7 Å². The van der Waals surface area contributed by atoms with Crippen molar-refractivity contribution >= 4 is 45.6 Å². The third-order valence-electron chi connectivity index (χ3n) is 5.10. The van der Waals surface area contributed by atoms with Crippen molar-refractivity contribution < 1.29 is 9.36 Å². The second-order valence-electron chi connectivity index (χ2n) is 7.44. The van der Waals surface area contributed by atoms with Gasteiger partial charge in [0.15, 0.2) is 0 Å². The lowest BCUT2D eigenvalue weighted by molar-refractivity contribution is -0.665. The summed E-state index contributed by atoms with van der Waals surface area (Å²) in [6, 6.07) is 16.4. The molecule has 4 rings (SSSR count). The van der Waals surface area contributed by atoms with Crippen LogP contribution in [-0.2, 0) is 7.05 Å². The van der Waals surface area contributed by atoms with Gasteiger partial charge in [-0.1, -0.05) is 4.98 Å². The summed E-state index contributed by atoms with van der Waals surface area (Å²) in [6.07, 6.45) is 0. The van der Waals surface area contributed by atoms with Gasteiger partial charge < -0.3 is 16.4 Å². The Kier molecular flexibility index (Phi) is 5.12. The number of nitrogens with two attached hydrogens (primary N) is 2. The first kappa shape index (κ1) is 20.1. The van der Waals surface area contributed by atoms with Gasteiger partial charge in [0.1, 0.15) is 0 Å². The van der Waals surface area contributed by atoms with Crippen LogP contribution in [0, 0.1) is 13.8 Å². The number of aromatic nitrogens is 3. The van der Waals surface area contributed by atoms with Gasteiger partial charge >= 0.3 is 5.95 Å². The molecule has 2 aromatic heterocycles. The second-order valence-corrected chi connectivity index (χ2v) is 7.44. The van der Waals surface area contributed by atoms with Crippen LogP contribution in [0.25, 0.3) is 10.9 Å². The Morgan fingerprint density at radius 2 is 1.65 bits per heavy atom. The molecular weight excluding hydrogens is 390 g/mol. The van der Waals surface area contributed by atoms with E-state index in [1.54, 1.807) is 28.8 Å². The van der Waals surface area contributed by atoms with Crippen LogP contribution >= 0.6 is 0 Å². The van der Waals surface area contributed by atoms with Crippen molar-refractivity contribution in [1.82, 2.24) is 9.97 Å². The molecule has 6 N–H and O–H groups in total. The first-order valence-corrected chi connectivity index (χ1v) is 9.78. The number of carbonyl (C=O) groups is 1. The number of anilines is 5. The molecule has 8 nitrogen and oxygen atoms in total. The monoisotopic (exact) mass is 414 g/mol. The maximum atomic E-state index is 12.7. The lowest BCUT2D eigenvalue weighted by Crippen LogP contribution is -2.36. The number of rotatable bonds is 4. The Morgan fingerprint density at radius 3 is 2.35 bits per heavy atom. The molecule has 0 aliphatic rings. The minimum absolute atomic E-state index is 0.219. The average molecular weight is 414 g/mol. The van der Waals surface area contributed by atoms with E-state index in [9.17, 15) is 4.79 Å². The molecule has 0 aliphatic heterocycles. The third kappa shape index (κ3) is 4.23. The molecule has 1 amide bonds. The molecule has 0 aliphatic carbocycles. The Morgan fingerprint density at radius 1 is 0.935 bits per heavy atom. The second kappa shape index (κ2) is 7.91. The molecule has 0 saturated heterocycles. The smallest absolute Gasteiger partial charge is 0.391 e. The molecule has 0 atom stereocenters. The molecule has 0 unspecified atom stereocenters. The topological polar surface area (TPSA) is 123 Å². The molecular formula is C23H24N7O+. The van der Waals surface area contributed by atoms with Crippen molar-refractivity contribution in [3.63, 3.8) is 0 Å². The zero-order valence-electron chi connectivity index (χ0n) is 17.6. The maximum Gasteiger partial charge on any atom is 0.391 e. The highest BCUT2D eigenvalue weighted by molar-refractivity contribution is 6.07. The standard InChI is InChI=1S/C23H23N7O/c1-13-10-19(24)18-12-15(4-9-20(18)26-13)22(31)28-17-7-5-16(6-8-17)27-21-11-14(2)30(3)23(25)29-21/h4-12H,1-3H3,(H5,24,25,26,27,28,29,31)/p+1. The Labute approximate surface area is 179 Å². The van der Waals surface area contributed by atoms with Crippen molar-refractivity contribution in [2.24, 2.45) is 7.05 Å². The number of benzene rings is 2. The van der Waals surface area contributed by atoms with E-state index >= 15 is 0 Å². The molecule has 0 bridgehead atoms. The van der Waals surface area contributed by atoms with Crippen LogP contribution in [0.1, 0.15) is 21.7 Å². The Bertz CT molecular complexity index is 1280. The lowest BCUT2D eigenvalue weighted by Gasteiger charge is -2.09. The Balaban J connectivity index is 1.49. The van der Waals surface area contributed by atoms with Gasteiger partial charge in [0.25, 0.3) is 5.91 Å². The van der Waals surface area contributed by atoms with E-state index in [2.05, 4.69) is 20.6 Å². The van der Waals surface area contributed by atoms with Gasteiger partial charge in [-0.25, -0.2) is 4.57 Å². The van der Waals surface area contributed by atoms with Crippen molar-refractivity contribution in [2.45, 2.75) is 13.8 Å². The van der Waals surface area contributed by atoms with Crippen molar-refractivity contribution in [1.29, 1.82) is 0 Å². The number of fused-ring (bicyclic) bond motifs is 1. The largest absolute Gasteiger partial charge is 0.398 e. The summed E-state index contributed by atoms with van der Waals surface area (Å²) in [7, 11) is 1.86. The number of nitrogen functional groups attached to an aromatic ring is 2. The number of pyridine rings is 1. The van der Waals surface area contributed by atoms with E-state index in [1.165, 1.54) is 0 Å². The fraction of sp³-hybridized carbons (Fsp3) is 0.130. The summed E-state index contributed by atoms with van der Waals surface area (Å²) in [5.74, 6) is 0.860. The number of amides is 1. The quantitative estimate of drug-likeness (QED) is 0.380. The predicted octanol–water partition coefficient (Wildman–Crippen LogP) is 3.23. The first-order valence-electron chi connectivity index (χ1n) is 9.78. The Hall–Kier alpha value is -4.20. The summed E-state index contributed by atoms with van der Waals surface area (Å²) in [4.78, 5) is 21.5. The number of hydrogen-bond acceptors (Lipinski definition) is 6. The summed E-state index contributed by atoms with van der Waals surface area (Å²) >= 11 is 0. The van der Waals surface area contributed by atoms with Gasteiger partial charge in [0.2, 0.25) is 5.82 Å². The zero-order chi connectivity index (χ0) is 22.1. The van der Waals surface area contributed by atoms with Crippen LogP contribution in [0.4, 0.5) is 28.8 Å². The van der Waals surface area contributed by atoms with E-state index < -0.39 is 0 Å². The fourth-order valence-corrected chi connectivity index (χ4v) is 3.29. The van der Waals surface area contributed by atoms with Crippen LogP contribution in [0.5, 0.6) is 0 Å². The van der Waals surface area contributed by atoms with Crippen LogP contribution < -0.4 is 26.7 Å². The number of hydrogen-bond donors (Lipinski definition) is 4. The summed E-state index contributed by atoms with van der Waals surface area (Å²) in [5, 5.41) is 6.88. The first-order chi connectivity index (χ1) is 14.8. The minimum atomic E-state index is -0.219. The SMILES string of the molecule is Cc1cc(N)c2cc(C(=O)Nc3ccc(Nc4cc(C)[n+](C)c(N)n4)cc3)ccc2n1. The number of carbonyl (C=O) groups excluding carboxylic acids is 1. The lowest BCUT2D eigenvalue weighted by atomic mass is 10.1. The van der Waals surface area contributed by atoms with Crippen LogP contribution in [0.3, 0.4) is 0 Å². The predicted molar refractivity (Wildman–Crippen MR) is 123 cm³/mol. The summed E-state index contributed by atoms with van der Waals surface area (Å²) < 4.78 is 1.81. The van der Waals surface area contributed by atoms with Gasteiger partial charge in [-0.3, -0.25) is 15.5 Å². The number of aryl methyl sites for hydroxylation is 2. The van der Waals surface area contributed by atoms with Crippen LogP contribution in [0.15, 0.2) is 54.6 Å². The maximum absolute atomic E-state index is 12.7. The van der Waals surface area contributed by atoms with Gasteiger partial charge in [0, 0.05) is 39.8 Å². The highest BCUT2D eigenvalue weighted by Crippen LogP contribution is 2.23. The number of nitrogens with one attached hydrogen (secondary N) is 2. The minimum Gasteiger partial charge on any atom is -0.398 e. The molecule has 2 aromatic carbocycles. The molecule has 0 radical (unpaired) electrons. The zero-order valence-corrected chi connectivity index (χ0v) is 17.6.